The van der Waals surface area contributed by atoms with Crippen molar-refractivity contribution in [1.82, 2.24) is 20.0 Å². The number of benzene rings is 1. The number of hydrogen-bond donors (Lipinski definition) is 3. The maximum absolute atomic E-state index is 14.8. The molecule has 11 heteroatoms. The van der Waals surface area contributed by atoms with Gasteiger partial charge in [0.05, 0.1) is 23.8 Å². The molecule has 1 amide bonds. The Labute approximate surface area is 185 Å². The van der Waals surface area contributed by atoms with Crippen molar-refractivity contribution in [2.24, 2.45) is 7.05 Å². The molecule has 30 heavy (non-hydrogen) atoms. The van der Waals surface area contributed by atoms with Gasteiger partial charge >= 0.3 is 5.56 Å². The molecule has 2 fully saturated rings. The highest BCUT2D eigenvalue weighted by molar-refractivity contribution is 9.10. The van der Waals surface area contributed by atoms with Crippen LogP contribution in [0.2, 0.25) is 5.02 Å². The summed E-state index contributed by atoms with van der Waals surface area (Å²) in [6.45, 7) is 1.04. The molecule has 160 valence electrons. The van der Waals surface area contributed by atoms with Gasteiger partial charge in [-0.3, -0.25) is 9.59 Å². The van der Waals surface area contributed by atoms with Crippen LogP contribution in [0.3, 0.4) is 0 Å². The number of likely N-dealkylation sites (tertiary alicyclic amines) is 1. The van der Waals surface area contributed by atoms with Crippen LogP contribution >= 0.6 is 27.5 Å². The third-order valence-electron chi connectivity index (χ3n) is 5.51. The van der Waals surface area contributed by atoms with E-state index in [0.29, 0.717) is 5.69 Å². The predicted molar refractivity (Wildman–Crippen MR) is 114 cm³/mol. The highest BCUT2D eigenvalue weighted by atomic mass is 79.9. The molecule has 3 heterocycles. The topological polar surface area (TPSA) is 99.5 Å². The number of aromatic nitrogens is 2. The zero-order valence-corrected chi connectivity index (χ0v) is 18.4. The number of aliphatic hydroxyl groups is 1. The van der Waals surface area contributed by atoms with Gasteiger partial charge in [0.2, 0.25) is 5.82 Å². The van der Waals surface area contributed by atoms with E-state index in [1.54, 1.807) is 18.2 Å². The number of carbonyl (C=O) groups is 1. The summed E-state index contributed by atoms with van der Waals surface area (Å²) >= 11 is 9.48. The number of rotatable bonds is 4. The van der Waals surface area contributed by atoms with Crippen molar-refractivity contribution in [2.45, 2.75) is 24.5 Å². The van der Waals surface area contributed by atoms with E-state index in [1.165, 1.54) is 11.9 Å². The lowest BCUT2D eigenvalue weighted by molar-refractivity contribution is -0.101. The molecule has 4 rings (SSSR count). The van der Waals surface area contributed by atoms with Gasteiger partial charge in [-0.1, -0.05) is 27.5 Å². The molecule has 0 spiro atoms. The SMILES string of the molecule is Cn1nc(C(=O)N2CC(O)([C@@H]3CCCN3)C2)c(Nc2ccc(Br)cc2Cl)c(F)c1=O. The van der Waals surface area contributed by atoms with E-state index in [2.05, 4.69) is 31.7 Å². The molecular formula is C19H20BrClFN5O3. The van der Waals surface area contributed by atoms with Gasteiger partial charge in [-0.2, -0.15) is 9.49 Å². The maximum atomic E-state index is 14.8. The van der Waals surface area contributed by atoms with Gasteiger partial charge < -0.3 is 20.6 Å². The Morgan fingerprint density at radius 1 is 1.47 bits per heavy atom. The van der Waals surface area contributed by atoms with Crippen molar-refractivity contribution in [3.05, 3.63) is 49.6 Å². The summed E-state index contributed by atoms with van der Waals surface area (Å²) in [5, 5.41) is 21.0. The molecular weight excluding hydrogens is 481 g/mol. The molecule has 0 unspecified atom stereocenters. The van der Waals surface area contributed by atoms with Gasteiger partial charge in [-0.05, 0) is 37.6 Å². The van der Waals surface area contributed by atoms with E-state index in [-0.39, 0.29) is 35.5 Å². The molecule has 0 radical (unpaired) electrons. The van der Waals surface area contributed by atoms with Crippen LogP contribution in [0.4, 0.5) is 15.8 Å². The Bertz CT molecular complexity index is 1070. The first-order valence-electron chi connectivity index (χ1n) is 9.43. The summed E-state index contributed by atoms with van der Waals surface area (Å²) in [4.78, 5) is 26.5. The van der Waals surface area contributed by atoms with E-state index >= 15 is 0 Å². The summed E-state index contributed by atoms with van der Waals surface area (Å²) < 4.78 is 16.3. The van der Waals surface area contributed by atoms with Crippen LogP contribution in [0.1, 0.15) is 23.3 Å². The summed E-state index contributed by atoms with van der Waals surface area (Å²) in [5.74, 6) is -1.72. The Balaban J connectivity index is 1.64. The molecule has 1 atom stereocenters. The van der Waals surface area contributed by atoms with E-state index < -0.39 is 22.9 Å². The molecule has 8 nitrogen and oxygen atoms in total. The fourth-order valence-corrected chi connectivity index (χ4v) is 4.58. The number of aryl methyl sites for hydroxylation is 1. The minimum Gasteiger partial charge on any atom is -0.385 e. The number of carbonyl (C=O) groups excluding carboxylic acids is 1. The van der Waals surface area contributed by atoms with Gasteiger partial charge in [-0.25, -0.2) is 4.68 Å². The summed E-state index contributed by atoms with van der Waals surface area (Å²) in [6.07, 6.45) is 1.80. The van der Waals surface area contributed by atoms with Crippen molar-refractivity contribution in [1.29, 1.82) is 0 Å². The third kappa shape index (κ3) is 3.73. The van der Waals surface area contributed by atoms with E-state index in [9.17, 15) is 19.1 Å². The minimum atomic E-state index is -1.14. The standard InChI is InChI=1S/C19H20BrClFN5O3/c1-26-17(28)14(22)15(24-12-5-4-10(20)7-11(12)21)16(25-26)18(29)27-8-19(30,9-27)13-3-2-6-23-13/h4-5,7,13,23-24,30H,2-3,6,8-9H2,1H3/t13-/m0/s1. The Hall–Kier alpha value is -2.01. The highest BCUT2D eigenvalue weighted by Gasteiger charge is 2.50. The van der Waals surface area contributed by atoms with Crippen molar-refractivity contribution in [3.63, 3.8) is 0 Å². The Kier molecular flexibility index (Phi) is 5.60. The Morgan fingerprint density at radius 3 is 2.83 bits per heavy atom. The lowest BCUT2D eigenvalue weighted by atomic mass is 9.85. The fourth-order valence-electron chi connectivity index (χ4n) is 3.86. The summed E-state index contributed by atoms with van der Waals surface area (Å²) in [5.41, 5.74) is -2.28. The molecule has 1 aromatic heterocycles. The second-order valence-electron chi connectivity index (χ2n) is 7.63. The lowest BCUT2D eigenvalue weighted by Gasteiger charge is -2.49. The van der Waals surface area contributed by atoms with E-state index in [0.717, 1.165) is 28.5 Å². The Morgan fingerprint density at radius 2 is 2.20 bits per heavy atom. The maximum Gasteiger partial charge on any atom is 0.304 e. The molecule has 3 N–H and O–H groups in total. The number of nitrogens with one attached hydrogen (secondary N) is 2. The van der Waals surface area contributed by atoms with Crippen LogP contribution in [-0.2, 0) is 7.05 Å². The first kappa shape index (κ1) is 21.2. The number of nitrogens with zero attached hydrogens (tertiary/aromatic N) is 3. The quantitative estimate of drug-likeness (QED) is 0.594. The molecule has 2 saturated heterocycles. The molecule has 0 saturated carbocycles. The van der Waals surface area contributed by atoms with Crippen LogP contribution < -0.4 is 16.2 Å². The van der Waals surface area contributed by atoms with E-state index in [1.807, 2.05) is 0 Å². The number of β-amino-alcohol motifs (C(OH)–C–C–N with tert-alkyl or cyclic N) is 1. The van der Waals surface area contributed by atoms with Crippen LogP contribution in [0, 0.1) is 5.82 Å². The second-order valence-corrected chi connectivity index (χ2v) is 8.95. The molecule has 0 bridgehead atoms. The minimum absolute atomic E-state index is 0.0782. The summed E-state index contributed by atoms with van der Waals surface area (Å²) in [7, 11) is 1.27. The number of anilines is 2. The second kappa shape index (κ2) is 7.92. The van der Waals surface area contributed by atoms with Gasteiger partial charge in [0.15, 0.2) is 5.69 Å². The van der Waals surface area contributed by atoms with Gasteiger partial charge in [0.25, 0.3) is 5.91 Å². The molecule has 2 aliphatic heterocycles. The number of halogens is 3. The van der Waals surface area contributed by atoms with Crippen LogP contribution in [0.25, 0.3) is 0 Å². The van der Waals surface area contributed by atoms with Gasteiger partial charge in [0, 0.05) is 17.6 Å². The van der Waals surface area contributed by atoms with Crippen molar-refractivity contribution in [3.8, 4) is 0 Å². The first-order valence-corrected chi connectivity index (χ1v) is 10.6. The molecule has 2 aromatic rings. The molecule has 2 aliphatic rings. The number of amides is 1. The van der Waals surface area contributed by atoms with Gasteiger partial charge in [0.1, 0.15) is 11.3 Å². The summed E-state index contributed by atoms with van der Waals surface area (Å²) in [6, 6.07) is 4.80. The normalized spacial score (nSPS) is 20.2. The lowest BCUT2D eigenvalue weighted by Crippen LogP contribution is -2.70. The first-order chi connectivity index (χ1) is 14.2. The van der Waals surface area contributed by atoms with Crippen LogP contribution in [0.5, 0.6) is 0 Å². The zero-order valence-electron chi connectivity index (χ0n) is 16.1. The monoisotopic (exact) mass is 499 g/mol. The third-order valence-corrected chi connectivity index (χ3v) is 6.31. The zero-order chi connectivity index (χ0) is 21.6. The van der Waals surface area contributed by atoms with Crippen LogP contribution in [0.15, 0.2) is 27.5 Å². The molecule has 1 aromatic carbocycles. The average Bonchev–Trinajstić information content (AvgIpc) is 3.22. The fraction of sp³-hybridized carbons (Fsp3) is 0.421. The average molecular weight is 501 g/mol. The predicted octanol–water partition coefficient (Wildman–Crippen LogP) is 2.02. The van der Waals surface area contributed by atoms with Crippen LogP contribution in [-0.4, -0.2) is 57.0 Å². The number of hydrogen-bond acceptors (Lipinski definition) is 6. The van der Waals surface area contributed by atoms with E-state index in [4.69, 9.17) is 11.6 Å². The largest absolute Gasteiger partial charge is 0.385 e. The highest BCUT2D eigenvalue weighted by Crippen LogP contribution is 2.33. The van der Waals surface area contributed by atoms with Crippen molar-refractivity contribution in [2.75, 3.05) is 25.0 Å². The van der Waals surface area contributed by atoms with Gasteiger partial charge in [-0.15, -0.1) is 0 Å². The molecule has 0 aliphatic carbocycles. The smallest absolute Gasteiger partial charge is 0.304 e. The van der Waals surface area contributed by atoms with Crippen molar-refractivity contribution >= 4 is 44.8 Å². The van der Waals surface area contributed by atoms with Crippen molar-refractivity contribution < 1.29 is 14.3 Å².